The first kappa shape index (κ1) is 18.9. The van der Waals surface area contributed by atoms with Gasteiger partial charge in [0, 0.05) is 7.11 Å². The fraction of sp³-hybridized carbons (Fsp3) is 0.208. The van der Waals surface area contributed by atoms with Gasteiger partial charge in [0.25, 0.3) is 5.91 Å². The maximum absolute atomic E-state index is 13.2. The first-order valence-electron chi connectivity index (χ1n) is 9.05. The lowest BCUT2D eigenvalue weighted by atomic mass is 9.76. The standard InChI is InChI=1S/C24H25NO2/c1-23(2,27-3)22(26)25-24(19-13-7-4-8-14-19,20-15-9-5-10-16-20)21-17-11-6-12-18-21/h4-18H,1-3H3,(H,25,26). The van der Waals surface area contributed by atoms with E-state index in [9.17, 15) is 4.79 Å². The summed E-state index contributed by atoms with van der Waals surface area (Å²) in [5.41, 5.74) is 1.19. The summed E-state index contributed by atoms with van der Waals surface area (Å²) in [4.78, 5) is 13.2. The number of ether oxygens (including phenoxy) is 1. The van der Waals surface area contributed by atoms with Gasteiger partial charge in [-0.05, 0) is 30.5 Å². The largest absolute Gasteiger partial charge is 0.369 e. The molecule has 0 aliphatic rings. The van der Waals surface area contributed by atoms with Gasteiger partial charge in [0.15, 0.2) is 0 Å². The Labute approximate surface area is 161 Å². The second-order valence-electron chi connectivity index (χ2n) is 7.02. The quantitative estimate of drug-likeness (QED) is 0.657. The fourth-order valence-corrected chi connectivity index (χ4v) is 3.19. The van der Waals surface area contributed by atoms with E-state index in [2.05, 4.69) is 5.32 Å². The summed E-state index contributed by atoms with van der Waals surface area (Å²) in [6.45, 7) is 3.54. The van der Waals surface area contributed by atoms with Crippen LogP contribution in [0.3, 0.4) is 0 Å². The van der Waals surface area contributed by atoms with Crippen LogP contribution in [0.2, 0.25) is 0 Å². The van der Waals surface area contributed by atoms with Crippen molar-refractivity contribution in [3.63, 3.8) is 0 Å². The Morgan fingerprint density at radius 3 is 1.33 bits per heavy atom. The van der Waals surface area contributed by atoms with E-state index in [4.69, 9.17) is 4.74 Å². The second kappa shape index (κ2) is 7.77. The first-order chi connectivity index (χ1) is 13.0. The van der Waals surface area contributed by atoms with Crippen molar-refractivity contribution in [2.24, 2.45) is 0 Å². The molecular weight excluding hydrogens is 334 g/mol. The monoisotopic (exact) mass is 359 g/mol. The number of amides is 1. The van der Waals surface area contributed by atoms with Crippen LogP contribution in [0.25, 0.3) is 0 Å². The van der Waals surface area contributed by atoms with Gasteiger partial charge >= 0.3 is 0 Å². The molecule has 0 unspecified atom stereocenters. The lowest BCUT2D eigenvalue weighted by Gasteiger charge is -2.39. The number of nitrogens with one attached hydrogen (secondary N) is 1. The molecule has 0 heterocycles. The minimum atomic E-state index is -0.955. The summed E-state index contributed by atoms with van der Waals surface area (Å²) in [5.74, 6) is -0.179. The summed E-state index contributed by atoms with van der Waals surface area (Å²) in [6.07, 6.45) is 0. The lowest BCUT2D eigenvalue weighted by molar-refractivity contribution is -0.140. The first-order valence-corrected chi connectivity index (χ1v) is 9.05. The maximum atomic E-state index is 13.2. The molecule has 138 valence electrons. The van der Waals surface area contributed by atoms with E-state index in [1.807, 2.05) is 91.0 Å². The molecule has 0 fully saturated rings. The third-order valence-electron chi connectivity index (χ3n) is 4.98. The Morgan fingerprint density at radius 2 is 1.04 bits per heavy atom. The molecule has 0 bridgehead atoms. The van der Waals surface area contributed by atoms with Crippen molar-refractivity contribution in [2.45, 2.75) is 25.0 Å². The third-order valence-corrected chi connectivity index (χ3v) is 4.98. The summed E-state index contributed by atoms with van der Waals surface area (Å²) in [6, 6.07) is 30.1. The molecule has 0 saturated carbocycles. The Balaban J connectivity index is 2.28. The van der Waals surface area contributed by atoms with Crippen molar-refractivity contribution in [2.75, 3.05) is 7.11 Å². The number of methoxy groups -OCH3 is 1. The third kappa shape index (κ3) is 3.64. The molecule has 0 aliphatic carbocycles. The van der Waals surface area contributed by atoms with Gasteiger partial charge in [-0.25, -0.2) is 0 Å². The fourth-order valence-electron chi connectivity index (χ4n) is 3.19. The van der Waals surface area contributed by atoms with Crippen LogP contribution in [0, 0.1) is 0 Å². The smallest absolute Gasteiger partial charge is 0.252 e. The van der Waals surface area contributed by atoms with Crippen LogP contribution in [-0.2, 0) is 15.1 Å². The molecule has 0 aromatic heterocycles. The van der Waals surface area contributed by atoms with Crippen LogP contribution in [0.5, 0.6) is 0 Å². The molecule has 3 nitrogen and oxygen atoms in total. The Morgan fingerprint density at radius 1 is 0.704 bits per heavy atom. The van der Waals surface area contributed by atoms with Gasteiger partial charge < -0.3 is 10.1 Å². The van der Waals surface area contributed by atoms with E-state index in [-0.39, 0.29) is 5.91 Å². The van der Waals surface area contributed by atoms with E-state index in [0.717, 1.165) is 16.7 Å². The summed E-state index contributed by atoms with van der Waals surface area (Å²) >= 11 is 0. The minimum Gasteiger partial charge on any atom is -0.369 e. The number of carbonyl (C=O) groups is 1. The van der Waals surface area contributed by atoms with Crippen molar-refractivity contribution >= 4 is 5.91 Å². The molecular formula is C24H25NO2. The van der Waals surface area contributed by atoms with Crippen LogP contribution in [0.4, 0.5) is 0 Å². The summed E-state index contributed by atoms with van der Waals surface area (Å²) in [7, 11) is 1.55. The Bertz CT molecular complexity index is 777. The summed E-state index contributed by atoms with van der Waals surface area (Å²) < 4.78 is 5.44. The van der Waals surface area contributed by atoms with Crippen molar-refractivity contribution < 1.29 is 9.53 Å². The van der Waals surface area contributed by atoms with Gasteiger partial charge in [0.2, 0.25) is 0 Å². The average Bonchev–Trinajstić information content (AvgIpc) is 2.73. The highest BCUT2D eigenvalue weighted by Crippen LogP contribution is 2.37. The molecule has 3 aromatic carbocycles. The highest BCUT2D eigenvalue weighted by atomic mass is 16.5. The Hall–Kier alpha value is -2.91. The SMILES string of the molecule is COC(C)(C)C(=O)NC(c1ccccc1)(c1ccccc1)c1ccccc1. The molecule has 0 saturated heterocycles. The molecule has 3 heteroatoms. The van der Waals surface area contributed by atoms with E-state index in [1.165, 1.54) is 0 Å². The molecule has 1 N–H and O–H groups in total. The molecule has 3 rings (SSSR count). The van der Waals surface area contributed by atoms with Crippen LogP contribution < -0.4 is 5.32 Å². The number of carbonyl (C=O) groups excluding carboxylic acids is 1. The van der Waals surface area contributed by atoms with Gasteiger partial charge in [0.1, 0.15) is 11.1 Å². The topological polar surface area (TPSA) is 38.3 Å². The van der Waals surface area contributed by atoms with Crippen molar-refractivity contribution in [1.29, 1.82) is 0 Å². The van der Waals surface area contributed by atoms with Crippen molar-refractivity contribution in [1.82, 2.24) is 5.32 Å². The highest BCUT2D eigenvalue weighted by molar-refractivity contribution is 5.86. The lowest BCUT2D eigenvalue weighted by Crippen LogP contribution is -2.54. The van der Waals surface area contributed by atoms with Gasteiger partial charge in [-0.1, -0.05) is 91.0 Å². The maximum Gasteiger partial charge on any atom is 0.252 e. The predicted molar refractivity (Wildman–Crippen MR) is 108 cm³/mol. The predicted octanol–water partition coefficient (Wildman–Crippen LogP) is 4.52. The van der Waals surface area contributed by atoms with E-state index < -0.39 is 11.1 Å². The van der Waals surface area contributed by atoms with Gasteiger partial charge in [-0.3, -0.25) is 4.79 Å². The zero-order valence-electron chi connectivity index (χ0n) is 16.0. The van der Waals surface area contributed by atoms with Crippen LogP contribution in [0.15, 0.2) is 91.0 Å². The molecule has 27 heavy (non-hydrogen) atoms. The summed E-state index contributed by atoms with van der Waals surface area (Å²) in [5, 5.41) is 3.31. The molecule has 0 spiro atoms. The number of benzene rings is 3. The average molecular weight is 359 g/mol. The van der Waals surface area contributed by atoms with E-state index >= 15 is 0 Å². The highest BCUT2D eigenvalue weighted by Gasteiger charge is 2.41. The molecule has 0 aliphatic heterocycles. The minimum absolute atomic E-state index is 0.179. The molecule has 3 aromatic rings. The number of hydrogen-bond donors (Lipinski definition) is 1. The van der Waals surface area contributed by atoms with E-state index in [1.54, 1.807) is 21.0 Å². The van der Waals surface area contributed by atoms with E-state index in [0.29, 0.717) is 0 Å². The number of hydrogen-bond acceptors (Lipinski definition) is 2. The number of rotatable bonds is 6. The van der Waals surface area contributed by atoms with Crippen LogP contribution in [-0.4, -0.2) is 18.6 Å². The van der Waals surface area contributed by atoms with Gasteiger partial charge in [-0.2, -0.15) is 0 Å². The van der Waals surface area contributed by atoms with Crippen molar-refractivity contribution in [3.05, 3.63) is 108 Å². The Kier molecular flexibility index (Phi) is 5.43. The van der Waals surface area contributed by atoms with Crippen LogP contribution in [0.1, 0.15) is 30.5 Å². The molecule has 0 radical (unpaired) electrons. The van der Waals surface area contributed by atoms with Gasteiger partial charge in [-0.15, -0.1) is 0 Å². The molecule has 0 atom stereocenters. The second-order valence-corrected chi connectivity index (χ2v) is 7.02. The van der Waals surface area contributed by atoms with Crippen LogP contribution >= 0.6 is 0 Å². The molecule has 1 amide bonds. The van der Waals surface area contributed by atoms with Crippen molar-refractivity contribution in [3.8, 4) is 0 Å². The zero-order valence-corrected chi connectivity index (χ0v) is 16.0. The zero-order chi connectivity index (χ0) is 19.3. The van der Waals surface area contributed by atoms with Gasteiger partial charge in [0.05, 0.1) is 0 Å². The normalized spacial score (nSPS) is 11.8.